The summed E-state index contributed by atoms with van der Waals surface area (Å²) >= 11 is 0. The third kappa shape index (κ3) is 5.72. The summed E-state index contributed by atoms with van der Waals surface area (Å²) in [5.74, 6) is -1.58. The van der Waals surface area contributed by atoms with E-state index < -0.39 is 17.3 Å². The first kappa shape index (κ1) is 19.7. The van der Waals surface area contributed by atoms with E-state index >= 15 is 0 Å². The first-order valence-electron chi connectivity index (χ1n) is 8.49. The number of likely N-dealkylation sites (tertiary alicyclic amines) is 1. The number of ether oxygens (including phenoxy) is 1. The molecular formula is C18H24FN3O4. The van der Waals surface area contributed by atoms with Crippen LogP contribution in [0.15, 0.2) is 24.3 Å². The zero-order valence-corrected chi connectivity index (χ0v) is 15.2. The number of carbonyl (C=O) groups excluding carboxylic acids is 3. The van der Waals surface area contributed by atoms with E-state index in [0.29, 0.717) is 25.9 Å². The van der Waals surface area contributed by atoms with Gasteiger partial charge in [0.2, 0.25) is 5.91 Å². The van der Waals surface area contributed by atoms with E-state index in [1.54, 1.807) is 25.7 Å². The minimum Gasteiger partial charge on any atom is -0.444 e. The third-order valence-corrected chi connectivity index (χ3v) is 3.92. The largest absolute Gasteiger partial charge is 0.444 e. The molecule has 2 N–H and O–H groups in total. The molecule has 3 amide bonds. The Morgan fingerprint density at radius 2 is 1.65 bits per heavy atom. The molecule has 0 bridgehead atoms. The zero-order valence-electron chi connectivity index (χ0n) is 15.2. The van der Waals surface area contributed by atoms with E-state index in [1.165, 1.54) is 24.3 Å². The van der Waals surface area contributed by atoms with E-state index in [1.807, 2.05) is 0 Å². The Hall–Kier alpha value is -2.64. The average Bonchev–Trinajstić information content (AvgIpc) is 2.58. The van der Waals surface area contributed by atoms with Crippen LogP contribution in [0.25, 0.3) is 0 Å². The molecule has 2 rings (SSSR count). The molecule has 0 spiro atoms. The number of hydrogen-bond acceptors (Lipinski definition) is 4. The van der Waals surface area contributed by atoms with Gasteiger partial charge in [-0.2, -0.15) is 0 Å². The number of hydrogen-bond donors (Lipinski definition) is 2. The molecule has 1 saturated heterocycles. The molecule has 0 atom stereocenters. The van der Waals surface area contributed by atoms with Crippen LogP contribution in [0.2, 0.25) is 0 Å². The highest BCUT2D eigenvalue weighted by Crippen LogP contribution is 2.19. The van der Waals surface area contributed by atoms with E-state index in [-0.39, 0.29) is 23.5 Å². The maximum atomic E-state index is 12.8. The molecule has 1 aromatic rings. The Balaban J connectivity index is 1.77. The van der Waals surface area contributed by atoms with Crippen molar-refractivity contribution < 1.29 is 23.5 Å². The predicted octanol–water partition coefficient (Wildman–Crippen LogP) is 2.23. The number of carbonyl (C=O) groups is 3. The normalized spacial score (nSPS) is 15.3. The van der Waals surface area contributed by atoms with Crippen molar-refractivity contribution in [1.82, 2.24) is 15.8 Å². The molecule has 0 radical (unpaired) electrons. The van der Waals surface area contributed by atoms with Crippen molar-refractivity contribution in [2.45, 2.75) is 39.2 Å². The molecule has 0 unspecified atom stereocenters. The number of nitrogens with one attached hydrogen (secondary N) is 2. The molecule has 142 valence electrons. The summed E-state index contributed by atoms with van der Waals surface area (Å²) in [5.41, 5.74) is 4.38. The standard InChI is InChI=1S/C18H24FN3O4/c1-18(2,3)26-17(25)22-10-8-13(9-11-22)16(24)21-20-15(23)12-4-6-14(19)7-5-12/h4-7,13H,8-11H2,1-3H3,(H,20,23)(H,21,24). The van der Waals surface area contributed by atoms with Crippen LogP contribution >= 0.6 is 0 Å². The van der Waals surface area contributed by atoms with Crippen molar-refractivity contribution in [3.8, 4) is 0 Å². The molecule has 7 nitrogen and oxygen atoms in total. The lowest BCUT2D eigenvalue weighted by Crippen LogP contribution is -2.48. The molecule has 0 aliphatic carbocycles. The van der Waals surface area contributed by atoms with E-state index in [0.717, 1.165) is 0 Å². The monoisotopic (exact) mass is 365 g/mol. The number of piperidine rings is 1. The summed E-state index contributed by atoms with van der Waals surface area (Å²) in [7, 11) is 0. The molecule has 1 aliphatic heterocycles. The molecule has 1 heterocycles. The van der Waals surface area contributed by atoms with E-state index in [2.05, 4.69) is 10.9 Å². The van der Waals surface area contributed by atoms with Crippen LogP contribution in [0.4, 0.5) is 9.18 Å². The van der Waals surface area contributed by atoms with Gasteiger partial charge in [0.15, 0.2) is 0 Å². The number of amides is 3. The van der Waals surface area contributed by atoms with Crippen LogP contribution in [-0.4, -0.2) is 41.5 Å². The number of nitrogens with zero attached hydrogens (tertiary/aromatic N) is 1. The van der Waals surface area contributed by atoms with Gasteiger partial charge >= 0.3 is 6.09 Å². The van der Waals surface area contributed by atoms with E-state index in [4.69, 9.17) is 4.74 Å². The van der Waals surface area contributed by atoms with Gasteiger partial charge in [-0.3, -0.25) is 20.4 Å². The van der Waals surface area contributed by atoms with E-state index in [9.17, 15) is 18.8 Å². The van der Waals surface area contributed by atoms with Gasteiger partial charge in [-0.25, -0.2) is 9.18 Å². The van der Waals surface area contributed by atoms with Gasteiger partial charge in [0.25, 0.3) is 5.91 Å². The molecule has 1 aliphatic rings. The Kier molecular flexibility index (Phi) is 6.18. The second-order valence-corrected chi connectivity index (χ2v) is 7.19. The lowest BCUT2D eigenvalue weighted by molar-refractivity contribution is -0.127. The highest BCUT2D eigenvalue weighted by molar-refractivity contribution is 5.95. The van der Waals surface area contributed by atoms with Crippen molar-refractivity contribution in [1.29, 1.82) is 0 Å². The number of halogens is 1. The maximum absolute atomic E-state index is 12.8. The van der Waals surface area contributed by atoms with Gasteiger partial charge in [-0.1, -0.05) is 0 Å². The molecule has 26 heavy (non-hydrogen) atoms. The molecular weight excluding hydrogens is 341 g/mol. The Morgan fingerprint density at radius 1 is 1.08 bits per heavy atom. The quantitative estimate of drug-likeness (QED) is 0.787. The molecule has 8 heteroatoms. The minimum atomic E-state index is -0.560. The fourth-order valence-corrected chi connectivity index (χ4v) is 2.54. The average molecular weight is 365 g/mol. The Morgan fingerprint density at radius 3 is 2.19 bits per heavy atom. The minimum absolute atomic E-state index is 0.242. The van der Waals surface area contributed by atoms with Crippen LogP contribution in [0.5, 0.6) is 0 Å². The summed E-state index contributed by atoms with van der Waals surface area (Å²) in [4.78, 5) is 37.7. The summed E-state index contributed by atoms with van der Waals surface area (Å²) in [6, 6.07) is 5.00. The Bertz CT molecular complexity index is 662. The highest BCUT2D eigenvalue weighted by Gasteiger charge is 2.30. The predicted molar refractivity (Wildman–Crippen MR) is 92.5 cm³/mol. The van der Waals surface area contributed by atoms with Gasteiger partial charge in [0.1, 0.15) is 11.4 Å². The maximum Gasteiger partial charge on any atom is 0.410 e. The number of hydrazine groups is 1. The number of rotatable bonds is 2. The summed E-state index contributed by atoms with van der Waals surface area (Å²) in [6.45, 7) is 6.23. The zero-order chi connectivity index (χ0) is 19.3. The SMILES string of the molecule is CC(C)(C)OC(=O)N1CCC(C(=O)NNC(=O)c2ccc(F)cc2)CC1. The second-order valence-electron chi connectivity index (χ2n) is 7.19. The van der Waals surface area contributed by atoms with Crippen LogP contribution in [0.3, 0.4) is 0 Å². The molecule has 0 aromatic heterocycles. The van der Waals surface area contributed by atoms with Gasteiger partial charge in [-0.05, 0) is 57.9 Å². The lowest BCUT2D eigenvalue weighted by atomic mass is 9.96. The van der Waals surface area contributed by atoms with Crippen molar-refractivity contribution in [3.05, 3.63) is 35.6 Å². The summed E-state index contributed by atoms with van der Waals surface area (Å²) < 4.78 is 18.2. The lowest BCUT2D eigenvalue weighted by Gasteiger charge is -2.32. The smallest absolute Gasteiger partial charge is 0.410 e. The highest BCUT2D eigenvalue weighted by atomic mass is 19.1. The fourth-order valence-electron chi connectivity index (χ4n) is 2.54. The van der Waals surface area contributed by atoms with Crippen LogP contribution in [0, 0.1) is 11.7 Å². The topological polar surface area (TPSA) is 87.7 Å². The third-order valence-electron chi connectivity index (χ3n) is 3.92. The van der Waals surface area contributed by atoms with Crippen LogP contribution < -0.4 is 10.9 Å². The van der Waals surface area contributed by atoms with Crippen molar-refractivity contribution in [3.63, 3.8) is 0 Å². The van der Waals surface area contributed by atoms with Crippen molar-refractivity contribution >= 4 is 17.9 Å². The van der Waals surface area contributed by atoms with Gasteiger partial charge in [0.05, 0.1) is 0 Å². The Labute approximate surface area is 151 Å². The second kappa shape index (κ2) is 8.16. The summed E-state index contributed by atoms with van der Waals surface area (Å²) in [6.07, 6.45) is 0.579. The van der Waals surface area contributed by atoms with Crippen molar-refractivity contribution in [2.75, 3.05) is 13.1 Å². The van der Waals surface area contributed by atoms with Crippen LogP contribution in [0.1, 0.15) is 44.0 Å². The fraction of sp³-hybridized carbons (Fsp3) is 0.500. The number of benzene rings is 1. The molecule has 1 fully saturated rings. The molecule has 0 saturated carbocycles. The summed E-state index contributed by atoms with van der Waals surface area (Å²) in [5, 5.41) is 0. The van der Waals surface area contributed by atoms with Gasteiger partial charge in [-0.15, -0.1) is 0 Å². The van der Waals surface area contributed by atoms with Crippen molar-refractivity contribution in [2.24, 2.45) is 5.92 Å². The first-order chi connectivity index (χ1) is 12.2. The van der Waals surface area contributed by atoms with Crippen LogP contribution in [-0.2, 0) is 9.53 Å². The van der Waals surface area contributed by atoms with Gasteiger partial charge in [0, 0.05) is 24.6 Å². The first-order valence-corrected chi connectivity index (χ1v) is 8.49. The molecule has 1 aromatic carbocycles. The van der Waals surface area contributed by atoms with Gasteiger partial charge < -0.3 is 9.64 Å².